The number of ether oxygens (including phenoxy) is 1. The van der Waals surface area contributed by atoms with E-state index in [4.69, 9.17) is 4.74 Å². The zero-order valence-electron chi connectivity index (χ0n) is 13.2. The Labute approximate surface area is 132 Å². The van der Waals surface area contributed by atoms with E-state index in [1.54, 1.807) is 39.0 Å². The molecule has 0 radical (unpaired) electrons. The molecule has 0 aliphatic heterocycles. The van der Waals surface area contributed by atoms with Gasteiger partial charge in [-0.15, -0.1) is 0 Å². The summed E-state index contributed by atoms with van der Waals surface area (Å²) in [6.45, 7) is 5.01. The predicted molar refractivity (Wildman–Crippen MR) is 84.1 cm³/mol. The Kier molecular flexibility index (Phi) is 4.76. The highest BCUT2D eigenvalue weighted by Crippen LogP contribution is 2.20. The Balaban J connectivity index is 1.99. The van der Waals surface area contributed by atoms with Crippen molar-refractivity contribution in [2.45, 2.75) is 38.6 Å². The number of benzene rings is 1. The molecule has 2 unspecified atom stereocenters. The molecule has 126 valence electrons. The minimum absolute atomic E-state index is 0.169. The Morgan fingerprint density at radius 2 is 1.91 bits per heavy atom. The number of aromatic nitrogens is 2. The van der Waals surface area contributed by atoms with E-state index < -0.39 is 23.9 Å². The number of imidazole rings is 1. The van der Waals surface area contributed by atoms with Crippen molar-refractivity contribution in [2.75, 3.05) is 6.54 Å². The van der Waals surface area contributed by atoms with E-state index in [0.717, 1.165) is 0 Å². The highest BCUT2D eigenvalue weighted by molar-refractivity contribution is 5.75. The second kappa shape index (κ2) is 6.43. The average Bonchev–Trinajstić information content (AvgIpc) is 2.81. The van der Waals surface area contributed by atoms with Crippen LogP contribution in [0.1, 0.15) is 32.4 Å². The van der Waals surface area contributed by atoms with Gasteiger partial charge in [0.25, 0.3) is 0 Å². The van der Waals surface area contributed by atoms with Crippen LogP contribution in [-0.4, -0.2) is 44.5 Å². The fraction of sp³-hybridized carbons (Fsp3) is 0.467. The Hall–Kier alpha value is -2.32. The van der Waals surface area contributed by atoms with Crippen molar-refractivity contribution in [1.29, 1.82) is 0 Å². The summed E-state index contributed by atoms with van der Waals surface area (Å²) in [5, 5.41) is 22.5. The van der Waals surface area contributed by atoms with E-state index in [1.165, 1.54) is 0 Å². The van der Waals surface area contributed by atoms with Crippen molar-refractivity contribution >= 4 is 17.1 Å². The summed E-state index contributed by atoms with van der Waals surface area (Å²) in [6.07, 6.45) is -3.10. The minimum Gasteiger partial charge on any atom is -0.444 e. The van der Waals surface area contributed by atoms with Crippen LogP contribution in [0.5, 0.6) is 0 Å². The molecule has 8 heteroatoms. The van der Waals surface area contributed by atoms with Crippen LogP contribution in [0.2, 0.25) is 0 Å². The van der Waals surface area contributed by atoms with Crippen LogP contribution in [0.4, 0.5) is 4.79 Å². The van der Waals surface area contributed by atoms with Gasteiger partial charge in [0.15, 0.2) is 0 Å². The summed E-state index contributed by atoms with van der Waals surface area (Å²) < 4.78 is 5.05. The maximum atomic E-state index is 11.5. The number of nitrogens with one attached hydrogen (secondary N) is 3. The number of aliphatic hydroxyl groups excluding tert-OH is 2. The summed E-state index contributed by atoms with van der Waals surface area (Å²) in [4.78, 5) is 27.9. The van der Waals surface area contributed by atoms with Crippen LogP contribution in [0.3, 0.4) is 0 Å². The van der Waals surface area contributed by atoms with Gasteiger partial charge in [-0.1, -0.05) is 6.07 Å². The third-order valence-electron chi connectivity index (χ3n) is 3.10. The van der Waals surface area contributed by atoms with Gasteiger partial charge < -0.3 is 30.2 Å². The minimum atomic E-state index is -1.22. The van der Waals surface area contributed by atoms with Gasteiger partial charge in [0, 0.05) is 6.54 Å². The largest absolute Gasteiger partial charge is 0.444 e. The zero-order chi connectivity index (χ0) is 17.2. The molecule has 0 saturated carbocycles. The van der Waals surface area contributed by atoms with Gasteiger partial charge in [0.2, 0.25) is 0 Å². The number of aliphatic hydroxyl groups is 2. The monoisotopic (exact) mass is 323 g/mol. The van der Waals surface area contributed by atoms with Crippen molar-refractivity contribution in [3.63, 3.8) is 0 Å². The summed E-state index contributed by atoms with van der Waals surface area (Å²) in [5.74, 6) is 0. The van der Waals surface area contributed by atoms with E-state index in [-0.39, 0.29) is 12.2 Å². The topological polar surface area (TPSA) is 127 Å². The maximum absolute atomic E-state index is 11.5. The van der Waals surface area contributed by atoms with Crippen LogP contribution in [0, 0.1) is 0 Å². The molecule has 8 nitrogen and oxygen atoms in total. The molecular formula is C15H21N3O5. The second-order valence-corrected chi connectivity index (χ2v) is 6.28. The van der Waals surface area contributed by atoms with Gasteiger partial charge >= 0.3 is 11.8 Å². The lowest BCUT2D eigenvalue weighted by atomic mass is 10.0. The molecule has 1 aromatic heterocycles. The van der Waals surface area contributed by atoms with Crippen molar-refractivity contribution in [1.82, 2.24) is 15.3 Å². The summed E-state index contributed by atoms with van der Waals surface area (Å²) in [6, 6.07) is 4.78. The smallest absolute Gasteiger partial charge is 0.407 e. The molecule has 1 aromatic carbocycles. The first-order valence-corrected chi connectivity index (χ1v) is 7.20. The highest BCUT2D eigenvalue weighted by atomic mass is 16.6. The molecule has 0 saturated heterocycles. The lowest BCUT2D eigenvalue weighted by Gasteiger charge is -2.22. The van der Waals surface area contributed by atoms with Crippen molar-refractivity contribution in [3.8, 4) is 0 Å². The normalized spacial score (nSPS) is 14.5. The molecule has 2 rings (SSSR count). The maximum Gasteiger partial charge on any atom is 0.407 e. The number of carbonyl (C=O) groups excluding carboxylic acids is 1. The third kappa shape index (κ3) is 4.57. The molecule has 0 bridgehead atoms. The average molecular weight is 323 g/mol. The number of alkyl carbamates (subject to hydrolysis) is 1. The molecule has 5 N–H and O–H groups in total. The van der Waals surface area contributed by atoms with Gasteiger partial charge in [0.05, 0.1) is 11.0 Å². The number of H-pyrrole nitrogens is 2. The van der Waals surface area contributed by atoms with Crippen molar-refractivity contribution in [2.24, 2.45) is 0 Å². The van der Waals surface area contributed by atoms with Crippen molar-refractivity contribution in [3.05, 3.63) is 34.2 Å². The zero-order valence-corrected chi connectivity index (χ0v) is 13.2. The summed E-state index contributed by atoms with van der Waals surface area (Å²) in [7, 11) is 0. The summed E-state index contributed by atoms with van der Waals surface area (Å²) >= 11 is 0. The van der Waals surface area contributed by atoms with E-state index in [2.05, 4.69) is 15.3 Å². The lowest BCUT2D eigenvalue weighted by molar-refractivity contribution is 0.0130. The van der Waals surface area contributed by atoms with E-state index >= 15 is 0 Å². The first-order chi connectivity index (χ1) is 10.7. The Bertz CT molecular complexity index is 743. The van der Waals surface area contributed by atoms with Gasteiger partial charge in [-0.2, -0.15) is 0 Å². The highest BCUT2D eigenvalue weighted by Gasteiger charge is 2.21. The van der Waals surface area contributed by atoms with E-state index in [0.29, 0.717) is 16.6 Å². The molecule has 0 aliphatic carbocycles. The van der Waals surface area contributed by atoms with Crippen LogP contribution >= 0.6 is 0 Å². The quantitative estimate of drug-likeness (QED) is 0.568. The van der Waals surface area contributed by atoms with Crippen LogP contribution in [-0.2, 0) is 4.74 Å². The van der Waals surface area contributed by atoms with E-state index in [1.807, 2.05) is 0 Å². The van der Waals surface area contributed by atoms with Gasteiger partial charge in [-0.05, 0) is 38.5 Å². The number of fused-ring (bicyclic) bond motifs is 1. The number of rotatable bonds is 4. The van der Waals surface area contributed by atoms with Crippen LogP contribution < -0.4 is 11.0 Å². The third-order valence-corrected chi connectivity index (χ3v) is 3.10. The molecular weight excluding hydrogens is 302 g/mol. The number of hydrogen-bond donors (Lipinski definition) is 5. The first kappa shape index (κ1) is 17.0. The number of hydrogen-bond acceptors (Lipinski definition) is 5. The first-order valence-electron chi connectivity index (χ1n) is 7.20. The van der Waals surface area contributed by atoms with E-state index in [9.17, 15) is 19.8 Å². The Morgan fingerprint density at radius 3 is 2.57 bits per heavy atom. The molecule has 2 aromatic rings. The second-order valence-electron chi connectivity index (χ2n) is 6.28. The molecule has 0 fully saturated rings. The Morgan fingerprint density at radius 1 is 1.26 bits per heavy atom. The van der Waals surface area contributed by atoms with Crippen molar-refractivity contribution < 1.29 is 19.7 Å². The standard InChI is InChI=1S/C15H21N3O5/c1-15(2,3)23-14(22)16-7-11(19)12(20)8-4-5-9-10(6-8)18-13(21)17-9/h4-6,11-12,19-20H,7H2,1-3H3,(H,16,22)(H2,17,18,21). The fourth-order valence-corrected chi connectivity index (χ4v) is 2.07. The molecule has 0 aliphatic rings. The lowest BCUT2D eigenvalue weighted by Crippen LogP contribution is -2.38. The number of aromatic amines is 2. The molecule has 1 amide bonds. The summed E-state index contributed by atoms with van der Waals surface area (Å²) in [5.41, 5.74) is 0.565. The number of amides is 1. The molecule has 1 heterocycles. The van der Waals surface area contributed by atoms with Gasteiger partial charge in [-0.3, -0.25) is 0 Å². The molecule has 2 atom stereocenters. The molecule has 23 heavy (non-hydrogen) atoms. The SMILES string of the molecule is CC(C)(C)OC(=O)NCC(O)C(O)c1ccc2[nH]c(=O)[nH]c2c1. The fourth-order valence-electron chi connectivity index (χ4n) is 2.07. The predicted octanol–water partition coefficient (Wildman–Crippen LogP) is 0.775. The van der Waals surface area contributed by atoms with Gasteiger partial charge in [-0.25, -0.2) is 9.59 Å². The van der Waals surface area contributed by atoms with Gasteiger partial charge in [0.1, 0.15) is 17.8 Å². The van der Waals surface area contributed by atoms with Crippen LogP contribution in [0.25, 0.3) is 11.0 Å². The number of carbonyl (C=O) groups is 1. The molecule has 0 spiro atoms. The van der Waals surface area contributed by atoms with Crippen LogP contribution in [0.15, 0.2) is 23.0 Å².